The van der Waals surface area contributed by atoms with Gasteiger partial charge < -0.3 is 5.32 Å². The van der Waals surface area contributed by atoms with E-state index in [1.807, 2.05) is 23.6 Å². The molecule has 0 spiro atoms. The number of rotatable bonds is 3. The smallest absolute Gasteiger partial charge is 0.142 e. The first kappa shape index (κ1) is 11.5. The number of thiophene rings is 1. The Morgan fingerprint density at radius 2 is 2.06 bits per heavy atom. The molecule has 0 atom stereocenters. The quantitative estimate of drug-likeness (QED) is 0.727. The normalized spacial score (nSPS) is 10.7. The molecule has 0 saturated carbocycles. The minimum Gasteiger partial charge on any atom is -0.339 e. The van der Waals surface area contributed by atoms with Crippen molar-refractivity contribution in [3.05, 3.63) is 42.0 Å². The summed E-state index contributed by atoms with van der Waals surface area (Å²) in [5.74, 6) is 0.864. The maximum absolute atomic E-state index is 4.32. The van der Waals surface area contributed by atoms with Gasteiger partial charge in [0, 0.05) is 4.90 Å². The molecule has 1 aromatic carbocycles. The fraction of sp³-hybridized carbons (Fsp3) is 0.0769. The molecule has 3 nitrogen and oxygen atoms in total. The van der Waals surface area contributed by atoms with Crippen molar-refractivity contribution in [2.24, 2.45) is 0 Å². The van der Waals surface area contributed by atoms with Crippen LogP contribution in [0.5, 0.6) is 0 Å². The lowest BCUT2D eigenvalue weighted by molar-refractivity contribution is 1.22. The van der Waals surface area contributed by atoms with Crippen molar-refractivity contribution in [1.29, 1.82) is 0 Å². The number of nitrogens with one attached hydrogen (secondary N) is 1. The standard InChI is InChI=1S/C13H11N3S2/c1-17-11-5-3-2-4-10(11)16-12-9-6-7-18-13(9)15-8-14-12/h2-8H,1H3,(H,14,15,16). The third-order valence-corrected chi connectivity index (χ3v) is 4.24. The zero-order valence-corrected chi connectivity index (χ0v) is 11.4. The van der Waals surface area contributed by atoms with Gasteiger partial charge in [-0.2, -0.15) is 0 Å². The van der Waals surface area contributed by atoms with Crippen molar-refractivity contribution < 1.29 is 0 Å². The van der Waals surface area contributed by atoms with Gasteiger partial charge in [0.05, 0.1) is 11.1 Å². The summed E-state index contributed by atoms with van der Waals surface area (Å²) in [5, 5.41) is 6.49. The Balaban J connectivity index is 2.04. The molecule has 2 heterocycles. The van der Waals surface area contributed by atoms with E-state index in [2.05, 4.69) is 33.7 Å². The molecule has 0 aliphatic rings. The number of aromatic nitrogens is 2. The van der Waals surface area contributed by atoms with Crippen LogP contribution in [0.1, 0.15) is 0 Å². The van der Waals surface area contributed by atoms with Crippen LogP contribution in [0, 0.1) is 0 Å². The van der Waals surface area contributed by atoms with Crippen LogP contribution in [0.15, 0.2) is 46.9 Å². The number of para-hydroxylation sites is 1. The van der Waals surface area contributed by atoms with Crippen LogP contribution in [0.25, 0.3) is 10.2 Å². The molecule has 2 aromatic heterocycles. The third-order valence-electron chi connectivity index (χ3n) is 2.62. The first-order valence-corrected chi connectivity index (χ1v) is 7.57. The second-order valence-corrected chi connectivity index (χ2v) is 5.43. The molecule has 0 unspecified atom stereocenters. The van der Waals surface area contributed by atoms with Crippen molar-refractivity contribution in [2.75, 3.05) is 11.6 Å². The summed E-state index contributed by atoms with van der Waals surface area (Å²) in [6.45, 7) is 0. The Kier molecular flexibility index (Phi) is 3.17. The van der Waals surface area contributed by atoms with E-state index in [1.54, 1.807) is 29.4 Å². The zero-order chi connectivity index (χ0) is 12.4. The van der Waals surface area contributed by atoms with Gasteiger partial charge in [0.15, 0.2) is 0 Å². The summed E-state index contributed by atoms with van der Waals surface area (Å²) in [6.07, 6.45) is 3.67. The monoisotopic (exact) mass is 273 g/mol. The van der Waals surface area contributed by atoms with Crippen LogP contribution in [0.3, 0.4) is 0 Å². The van der Waals surface area contributed by atoms with Gasteiger partial charge in [0.2, 0.25) is 0 Å². The Labute approximate surface area is 113 Å². The first-order chi connectivity index (χ1) is 8.88. The minimum atomic E-state index is 0.864. The van der Waals surface area contributed by atoms with Crippen molar-refractivity contribution in [1.82, 2.24) is 9.97 Å². The predicted octanol–water partition coefficient (Wildman–Crippen LogP) is 4.16. The predicted molar refractivity (Wildman–Crippen MR) is 78.9 cm³/mol. The number of hydrogen-bond acceptors (Lipinski definition) is 5. The van der Waals surface area contributed by atoms with Crippen molar-refractivity contribution in [2.45, 2.75) is 4.90 Å². The van der Waals surface area contributed by atoms with E-state index in [9.17, 15) is 0 Å². The molecule has 0 amide bonds. The molecule has 0 bridgehead atoms. The van der Waals surface area contributed by atoms with Gasteiger partial charge in [-0.15, -0.1) is 23.1 Å². The number of hydrogen-bond donors (Lipinski definition) is 1. The Morgan fingerprint density at radius 3 is 2.94 bits per heavy atom. The number of fused-ring (bicyclic) bond motifs is 1. The maximum Gasteiger partial charge on any atom is 0.142 e. The highest BCUT2D eigenvalue weighted by molar-refractivity contribution is 7.98. The molecule has 3 rings (SSSR count). The molecule has 90 valence electrons. The average Bonchev–Trinajstić information content (AvgIpc) is 2.89. The van der Waals surface area contributed by atoms with Gasteiger partial charge in [0.25, 0.3) is 0 Å². The lowest BCUT2D eigenvalue weighted by Crippen LogP contribution is -1.95. The van der Waals surface area contributed by atoms with Crippen molar-refractivity contribution in [3.8, 4) is 0 Å². The van der Waals surface area contributed by atoms with Gasteiger partial charge in [-0.3, -0.25) is 0 Å². The topological polar surface area (TPSA) is 37.8 Å². The Bertz CT molecular complexity index is 679. The molecule has 5 heteroatoms. The second-order valence-electron chi connectivity index (χ2n) is 3.69. The highest BCUT2D eigenvalue weighted by Gasteiger charge is 2.06. The van der Waals surface area contributed by atoms with Crippen LogP contribution in [-0.2, 0) is 0 Å². The van der Waals surface area contributed by atoms with Crippen LogP contribution in [0.4, 0.5) is 11.5 Å². The SMILES string of the molecule is CSc1ccccc1Nc1ncnc2sccc12. The fourth-order valence-electron chi connectivity index (χ4n) is 1.77. The number of thioether (sulfide) groups is 1. The number of anilines is 2. The van der Waals surface area contributed by atoms with E-state index >= 15 is 0 Å². The van der Waals surface area contributed by atoms with Crippen LogP contribution in [0.2, 0.25) is 0 Å². The van der Waals surface area contributed by atoms with E-state index in [0.717, 1.165) is 21.7 Å². The third kappa shape index (κ3) is 2.07. The number of nitrogens with zero attached hydrogens (tertiary/aromatic N) is 2. The van der Waals surface area contributed by atoms with Gasteiger partial charge in [-0.05, 0) is 29.8 Å². The van der Waals surface area contributed by atoms with E-state index in [0.29, 0.717) is 0 Å². The highest BCUT2D eigenvalue weighted by Crippen LogP contribution is 2.30. The molecule has 0 saturated heterocycles. The molecule has 3 aromatic rings. The molecule has 18 heavy (non-hydrogen) atoms. The fourth-order valence-corrected chi connectivity index (χ4v) is 3.05. The summed E-state index contributed by atoms with van der Waals surface area (Å²) in [5.41, 5.74) is 1.08. The van der Waals surface area contributed by atoms with E-state index in [-0.39, 0.29) is 0 Å². The largest absolute Gasteiger partial charge is 0.339 e. The summed E-state index contributed by atoms with van der Waals surface area (Å²) in [7, 11) is 0. The summed E-state index contributed by atoms with van der Waals surface area (Å²) < 4.78 is 0. The summed E-state index contributed by atoms with van der Waals surface area (Å²) >= 11 is 3.34. The lowest BCUT2D eigenvalue weighted by Gasteiger charge is -2.09. The summed E-state index contributed by atoms with van der Waals surface area (Å²) in [4.78, 5) is 10.8. The first-order valence-electron chi connectivity index (χ1n) is 5.47. The number of benzene rings is 1. The molecule has 0 aliphatic heterocycles. The van der Waals surface area contributed by atoms with Gasteiger partial charge >= 0.3 is 0 Å². The van der Waals surface area contributed by atoms with Gasteiger partial charge in [0.1, 0.15) is 17.0 Å². The lowest BCUT2D eigenvalue weighted by atomic mass is 10.3. The molecule has 0 radical (unpaired) electrons. The average molecular weight is 273 g/mol. The van der Waals surface area contributed by atoms with Crippen molar-refractivity contribution >= 4 is 44.8 Å². The highest BCUT2D eigenvalue weighted by atomic mass is 32.2. The van der Waals surface area contributed by atoms with E-state index in [1.165, 1.54) is 4.90 Å². The Hall–Kier alpha value is -1.59. The van der Waals surface area contributed by atoms with E-state index in [4.69, 9.17) is 0 Å². The van der Waals surface area contributed by atoms with Crippen LogP contribution < -0.4 is 5.32 Å². The van der Waals surface area contributed by atoms with Crippen LogP contribution >= 0.6 is 23.1 Å². The van der Waals surface area contributed by atoms with Gasteiger partial charge in [-0.25, -0.2) is 9.97 Å². The zero-order valence-electron chi connectivity index (χ0n) is 9.75. The maximum atomic E-state index is 4.32. The van der Waals surface area contributed by atoms with Crippen LogP contribution in [-0.4, -0.2) is 16.2 Å². The van der Waals surface area contributed by atoms with Gasteiger partial charge in [-0.1, -0.05) is 12.1 Å². The van der Waals surface area contributed by atoms with E-state index < -0.39 is 0 Å². The van der Waals surface area contributed by atoms with Crippen molar-refractivity contribution in [3.63, 3.8) is 0 Å². The molecule has 0 fully saturated rings. The molecule has 1 N–H and O–H groups in total. The second kappa shape index (κ2) is 4.96. The molecular formula is C13H11N3S2. The molecule has 0 aliphatic carbocycles. The molecular weight excluding hydrogens is 262 g/mol. The summed E-state index contributed by atoms with van der Waals surface area (Å²) in [6, 6.07) is 10.3. The Morgan fingerprint density at radius 1 is 1.17 bits per heavy atom. The minimum absolute atomic E-state index is 0.864.